The van der Waals surface area contributed by atoms with Crippen LogP contribution in [0.1, 0.15) is 89.5 Å². The number of hydrogen-bond acceptors (Lipinski definition) is 4. The number of aliphatic imine (C=N–C) groups is 1. The lowest BCUT2D eigenvalue weighted by Crippen LogP contribution is -2.35. The minimum Gasteiger partial charge on any atom is -0.493 e. The van der Waals surface area contributed by atoms with E-state index in [0.29, 0.717) is 24.3 Å². The number of ether oxygens (including phenoxy) is 2. The number of carboxylic acids is 1. The molecule has 1 atom stereocenters. The van der Waals surface area contributed by atoms with Crippen molar-refractivity contribution in [2.24, 2.45) is 4.99 Å². The average molecular weight is 504 g/mol. The molecular weight excluding hydrogens is 462 g/mol. The summed E-state index contributed by atoms with van der Waals surface area (Å²) in [5, 5.41) is 12.5. The van der Waals surface area contributed by atoms with Gasteiger partial charge in [0.15, 0.2) is 6.10 Å². The topological polar surface area (TPSA) is 68.1 Å². The van der Waals surface area contributed by atoms with Crippen LogP contribution in [0, 0.1) is 6.92 Å². The number of hydrogen-bond donors (Lipinski definition) is 1. The molecule has 5 heteroatoms. The zero-order valence-electron chi connectivity index (χ0n) is 23.2. The van der Waals surface area contributed by atoms with E-state index in [2.05, 4.69) is 50.4 Å². The molecule has 198 valence electrons. The second kappa shape index (κ2) is 11.9. The fourth-order valence-corrected chi connectivity index (χ4v) is 5.19. The second-order valence-corrected chi connectivity index (χ2v) is 10.3. The first-order chi connectivity index (χ1) is 17.6. The second-order valence-electron chi connectivity index (χ2n) is 10.3. The van der Waals surface area contributed by atoms with Crippen LogP contribution < -0.4 is 15.2 Å². The first-order valence-corrected chi connectivity index (χ1v) is 13.3. The predicted octanol–water partition coefficient (Wildman–Crippen LogP) is 6.89. The highest BCUT2D eigenvalue weighted by Crippen LogP contribution is 2.46. The summed E-state index contributed by atoms with van der Waals surface area (Å²) in [5.41, 5.74) is 4.97. The minimum atomic E-state index is -1.15. The maximum atomic E-state index is 12.8. The summed E-state index contributed by atoms with van der Waals surface area (Å²) in [6.07, 6.45) is 7.29. The highest BCUT2D eigenvalue weighted by atomic mass is 16.5. The van der Waals surface area contributed by atoms with E-state index in [0.717, 1.165) is 69.7 Å². The van der Waals surface area contributed by atoms with E-state index in [4.69, 9.17) is 9.47 Å². The molecule has 1 heterocycles. The van der Waals surface area contributed by atoms with Crippen LogP contribution in [0.4, 0.5) is 5.69 Å². The Hall–Kier alpha value is -3.18. The summed E-state index contributed by atoms with van der Waals surface area (Å²) in [5.74, 6) is -0.282. The first-order valence-electron chi connectivity index (χ1n) is 13.3. The van der Waals surface area contributed by atoms with E-state index in [-0.39, 0.29) is 0 Å². The van der Waals surface area contributed by atoms with Gasteiger partial charge >= 0.3 is 5.97 Å². The van der Waals surface area contributed by atoms with Gasteiger partial charge in [-0.25, -0.2) is 4.79 Å². The van der Waals surface area contributed by atoms with Crippen molar-refractivity contribution in [3.05, 3.63) is 51.9 Å². The van der Waals surface area contributed by atoms with E-state index < -0.39 is 17.7 Å². The van der Waals surface area contributed by atoms with Crippen molar-refractivity contribution in [2.45, 2.75) is 85.4 Å². The lowest BCUT2D eigenvalue weighted by atomic mass is 9.85. The van der Waals surface area contributed by atoms with Gasteiger partial charge in [-0.3, -0.25) is 4.99 Å². The van der Waals surface area contributed by atoms with Crippen LogP contribution in [-0.2, 0) is 9.53 Å². The van der Waals surface area contributed by atoms with Crippen LogP contribution in [0.3, 0.4) is 0 Å². The Morgan fingerprint density at radius 1 is 1.30 bits per heavy atom. The molecule has 3 rings (SSSR count). The summed E-state index contributed by atoms with van der Waals surface area (Å²) in [6, 6.07) is 5.95. The number of aliphatic carboxylic acids is 1. The van der Waals surface area contributed by atoms with Gasteiger partial charge in [-0.2, -0.15) is 0 Å². The standard InChI is InChI=1S/C32H41NO4/c1-9-12-17-32(6,7)37-30(31(34)35)27-21(5)19-22(11-3)23(13-10-2)28(27)24-14-15-25-26(29(24)33-8)20(4)16-18-36-25/h11,13-15,19,30H,4,8-10,12,16-18H2,1-3,5-7H3,(H,34,35)/b22-11-,23-13+/t30-/m0/s1. The van der Waals surface area contributed by atoms with Crippen LogP contribution in [0.15, 0.2) is 29.8 Å². The van der Waals surface area contributed by atoms with Gasteiger partial charge in [0.25, 0.3) is 0 Å². The molecule has 1 aliphatic heterocycles. The Morgan fingerprint density at radius 3 is 2.62 bits per heavy atom. The van der Waals surface area contributed by atoms with E-state index >= 15 is 0 Å². The molecule has 1 aliphatic rings. The molecule has 2 aromatic carbocycles. The highest BCUT2D eigenvalue weighted by molar-refractivity contribution is 5.93. The molecule has 37 heavy (non-hydrogen) atoms. The van der Waals surface area contributed by atoms with Crippen molar-refractivity contribution < 1.29 is 19.4 Å². The molecule has 0 radical (unpaired) electrons. The normalized spacial score (nSPS) is 15.4. The minimum absolute atomic E-state index is 0.572. The van der Waals surface area contributed by atoms with Gasteiger partial charge in [-0.1, -0.05) is 51.5 Å². The number of benzene rings is 2. The number of rotatable bonds is 10. The summed E-state index contributed by atoms with van der Waals surface area (Å²) in [6.45, 7) is 20.8. The van der Waals surface area contributed by atoms with Gasteiger partial charge in [0, 0.05) is 23.1 Å². The first kappa shape index (κ1) is 28.4. The van der Waals surface area contributed by atoms with E-state index in [1.165, 1.54) is 0 Å². The summed E-state index contributed by atoms with van der Waals surface area (Å²) in [4.78, 5) is 17.3. The quantitative estimate of drug-likeness (QED) is 0.358. The van der Waals surface area contributed by atoms with Crippen molar-refractivity contribution in [3.8, 4) is 16.9 Å². The molecule has 0 bridgehead atoms. The van der Waals surface area contributed by atoms with E-state index in [1.807, 2.05) is 39.8 Å². The Balaban J connectivity index is 2.46. The van der Waals surface area contributed by atoms with Crippen LogP contribution in [-0.4, -0.2) is 30.0 Å². The van der Waals surface area contributed by atoms with Crippen LogP contribution in [0.5, 0.6) is 5.75 Å². The Morgan fingerprint density at radius 2 is 2.03 bits per heavy atom. The number of carboxylic acid groups (broad SMARTS) is 1. The molecule has 5 nitrogen and oxygen atoms in total. The van der Waals surface area contributed by atoms with Crippen molar-refractivity contribution >= 4 is 36.1 Å². The molecular formula is C32H41NO4. The molecule has 0 saturated heterocycles. The largest absolute Gasteiger partial charge is 0.493 e. The molecule has 0 aromatic heterocycles. The molecule has 0 fully saturated rings. The predicted molar refractivity (Wildman–Crippen MR) is 154 cm³/mol. The molecule has 0 saturated carbocycles. The zero-order valence-corrected chi connectivity index (χ0v) is 23.2. The zero-order chi connectivity index (χ0) is 27.3. The fraction of sp³-hybridized carbons (Fsp3) is 0.438. The summed E-state index contributed by atoms with van der Waals surface area (Å²) in [7, 11) is 0. The van der Waals surface area contributed by atoms with Gasteiger partial charge in [0.1, 0.15) is 5.75 Å². The number of carbonyl (C=O) groups is 1. The Bertz CT molecular complexity index is 1320. The third-order valence-electron chi connectivity index (χ3n) is 7.00. The monoisotopic (exact) mass is 503 g/mol. The molecule has 0 unspecified atom stereocenters. The summed E-state index contributed by atoms with van der Waals surface area (Å²) < 4.78 is 12.3. The maximum Gasteiger partial charge on any atom is 0.337 e. The Labute approximate surface area is 221 Å². The SMILES string of the molecule is C=Nc1c(-c2c([C@H](OC(C)(C)CCCC)C(=O)O)c(C)cc(=C/C)/c2=C\CC)ccc2c1C(=C)CCO2. The van der Waals surface area contributed by atoms with Crippen molar-refractivity contribution in [1.82, 2.24) is 0 Å². The third-order valence-corrected chi connectivity index (χ3v) is 7.00. The molecule has 0 spiro atoms. The lowest BCUT2D eigenvalue weighted by molar-refractivity contribution is -0.163. The van der Waals surface area contributed by atoms with Crippen molar-refractivity contribution in [1.29, 1.82) is 0 Å². The van der Waals surface area contributed by atoms with Crippen LogP contribution in [0.2, 0.25) is 0 Å². The van der Waals surface area contributed by atoms with Gasteiger partial charge in [0.2, 0.25) is 0 Å². The highest BCUT2D eigenvalue weighted by Gasteiger charge is 2.34. The van der Waals surface area contributed by atoms with Gasteiger partial charge in [0.05, 0.1) is 17.9 Å². The number of nitrogens with zero attached hydrogens (tertiary/aromatic N) is 1. The number of unbranched alkanes of at least 4 members (excludes halogenated alkanes) is 1. The molecule has 2 aromatic rings. The fourth-order valence-electron chi connectivity index (χ4n) is 5.19. The lowest BCUT2D eigenvalue weighted by Gasteiger charge is -2.31. The van der Waals surface area contributed by atoms with E-state index in [9.17, 15) is 9.90 Å². The Kier molecular flexibility index (Phi) is 9.14. The molecule has 0 amide bonds. The molecule has 1 N–H and O–H groups in total. The van der Waals surface area contributed by atoms with Crippen molar-refractivity contribution in [3.63, 3.8) is 0 Å². The van der Waals surface area contributed by atoms with Crippen LogP contribution >= 0.6 is 0 Å². The van der Waals surface area contributed by atoms with Gasteiger partial charge in [-0.05, 0) is 86.5 Å². The summed E-state index contributed by atoms with van der Waals surface area (Å²) >= 11 is 0. The van der Waals surface area contributed by atoms with Crippen LogP contribution in [0.25, 0.3) is 28.9 Å². The number of aryl methyl sites for hydroxylation is 1. The van der Waals surface area contributed by atoms with Gasteiger partial charge < -0.3 is 14.6 Å². The average Bonchev–Trinajstić information content (AvgIpc) is 2.86. The smallest absolute Gasteiger partial charge is 0.337 e. The maximum absolute atomic E-state index is 12.8. The van der Waals surface area contributed by atoms with Gasteiger partial charge in [-0.15, -0.1) is 0 Å². The molecule has 0 aliphatic carbocycles. The number of fused-ring (bicyclic) bond motifs is 1. The third kappa shape index (κ3) is 5.88. The van der Waals surface area contributed by atoms with Crippen molar-refractivity contribution in [2.75, 3.05) is 6.61 Å². The van der Waals surface area contributed by atoms with E-state index in [1.54, 1.807) is 0 Å².